The Morgan fingerprint density at radius 3 is 2.56 bits per heavy atom. The van der Waals surface area contributed by atoms with E-state index in [1.54, 1.807) is 0 Å². The van der Waals surface area contributed by atoms with Crippen LogP contribution < -0.4 is 10.5 Å². The average Bonchev–Trinajstić information content (AvgIpc) is 2.18. The smallest absolute Gasteiger partial charge is 0.406 e. The number of ether oxygens (including phenoxy) is 1. The van der Waals surface area contributed by atoms with E-state index in [1.165, 1.54) is 6.07 Å². The molecule has 3 N–H and O–H groups in total. The van der Waals surface area contributed by atoms with Crippen molar-refractivity contribution in [3.63, 3.8) is 0 Å². The van der Waals surface area contributed by atoms with Crippen LogP contribution in [0.3, 0.4) is 0 Å². The van der Waals surface area contributed by atoms with Crippen LogP contribution in [0.4, 0.5) is 13.2 Å². The zero-order chi connectivity index (χ0) is 12.3. The molecule has 1 atom stereocenters. The Balaban J connectivity index is 2.98. The van der Waals surface area contributed by atoms with Gasteiger partial charge in [0.25, 0.3) is 0 Å². The van der Waals surface area contributed by atoms with Gasteiger partial charge in [-0.25, -0.2) is 0 Å². The highest BCUT2D eigenvalue weighted by Gasteiger charge is 2.31. The van der Waals surface area contributed by atoms with Crippen LogP contribution in [0.5, 0.6) is 5.75 Å². The van der Waals surface area contributed by atoms with Crippen LogP contribution in [-0.2, 0) is 0 Å². The van der Waals surface area contributed by atoms with Gasteiger partial charge in [0.2, 0.25) is 0 Å². The van der Waals surface area contributed by atoms with E-state index < -0.39 is 24.8 Å². The number of nitrogens with two attached hydrogens (primary N) is 1. The Morgan fingerprint density at radius 2 is 2.06 bits per heavy atom. The molecule has 1 aromatic carbocycles. The first-order chi connectivity index (χ1) is 7.33. The minimum absolute atomic E-state index is 0.177. The third kappa shape index (κ3) is 3.55. The molecule has 16 heavy (non-hydrogen) atoms. The average molecular weight is 256 g/mol. The summed E-state index contributed by atoms with van der Waals surface area (Å²) in [7, 11) is 0. The van der Waals surface area contributed by atoms with Gasteiger partial charge in [0.1, 0.15) is 5.75 Å². The number of halogens is 4. The van der Waals surface area contributed by atoms with Crippen LogP contribution in [0.25, 0.3) is 0 Å². The van der Waals surface area contributed by atoms with Gasteiger partial charge in [-0.1, -0.05) is 11.6 Å². The molecule has 0 aliphatic carbocycles. The molecule has 0 radical (unpaired) electrons. The zero-order valence-corrected chi connectivity index (χ0v) is 8.72. The van der Waals surface area contributed by atoms with Gasteiger partial charge in [0.15, 0.2) is 0 Å². The highest BCUT2D eigenvalue weighted by atomic mass is 35.5. The minimum atomic E-state index is -4.77. The molecule has 0 bridgehead atoms. The molecule has 1 rings (SSSR count). The van der Waals surface area contributed by atoms with Crippen molar-refractivity contribution in [3.05, 3.63) is 28.8 Å². The van der Waals surface area contributed by atoms with E-state index in [0.717, 1.165) is 12.1 Å². The molecule has 7 heteroatoms. The van der Waals surface area contributed by atoms with Crippen LogP contribution >= 0.6 is 11.6 Å². The topological polar surface area (TPSA) is 55.5 Å². The highest BCUT2D eigenvalue weighted by molar-refractivity contribution is 6.31. The lowest BCUT2D eigenvalue weighted by Crippen LogP contribution is -2.18. The van der Waals surface area contributed by atoms with Crippen LogP contribution in [-0.4, -0.2) is 18.1 Å². The Morgan fingerprint density at radius 1 is 1.44 bits per heavy atom. The molecule has 90 valence electrons. The Kier molecular flexibility index (Phi) is 4.01. The molecule has 0 aliphatic rings. The summed E-state index contributed by atoms with van der Waals surface area (Å²) in [6, 6.07) is 2.51. The molecular weight excluding hydrogens is 247 g/mol. The molecule has 0 amide bonds. The predicted octanol–water partition coefficient (Wildman–Crippen LogP) is 2.23. The van der Waals surface area contributed by atoms with Crippen LogP contribution in [0.15, 0.2) is 18.2 Å². The molecule has 0 fully saturated rings. The molecule has 0 aromatic heterocycles. The number of aliphatic hydroxyl groups excluding tert-OH is 1. The van der Waals surface area contributed by atoms with E-state index in [1.807, 2.05) is 0 Å². The zero-order valence-electron chi connectivity index (χ0n) is 7.96. The second-order valence-electron chi connectivity index (χ2n) is 3.02. The first-order valence-corrected chi connectivity index (χ1v) is 4.63. The van der Waals surface area contributed by atoms with Gasteiger partial charge in [-0.05, 0) is 23.8 Å². The molecule has 0 unspecified atom stereocenters. The third-order valence-electron chi connectivity index (χ3n) is 1.80. The Labute approximate surface area is 94.6 Å². The van der Waals surface area contributed by atoms with E-state index >= 15 is 0 Å². The summed E-state index contributed by atoms with van der Waals surface area (Å²) in [4.78, 5) is 0. The first kappa shape index (κ1) is 13.1. The maximum atomic E-state index is 11.9. The van der Waals surface area contributed by atoms with E-state index in [0.29, 0.717) is 0 Å². The fraction of sp³-hybridized carbons (Fsp3) is 0.333. The van der Waals surface area contributed by atoms with Crippen molar-refractivity contribution in [2.75, 3.05) is 6.61 Å². The van der Waals surface area contributed by atoms with Gasteiger partial charge in [0.05, 0.1) is 12.6 Å². The van der Waals surface area contributed by atoms with Crippen molar-refractivity contribution >= 4 is 11.6 Å². The molecule has 3 nitrogen and oxygen atoms in total. The second kappa shape index (κ2) is 4.90. The lowest BCUT2D eigenvalue weighted by Gasteiger charge is -2.14. The molecule has 0 heterocycles. The largest absolute Gasteiger partial charge is 0.573 e. The number of benzene rings is 1. The highest BCUT2D eigenvalue weighted by Crippen LogP contribution is 2.29. The fourth-order valence-corrected chi connectivity index (χ4v) is 1.36. The van der Waals surface area contributed by atoms with Crippen LogP contribution in [0, 0.1) is 0 Å². The maximum absolute atomic E-state index is 11.9. The van der Waals surface area contributed by atoms with Crippen molar-refractivity contribution in [3.8, 4) is 5.75 Å². The van der Waals surface area contributed by atoms with Crippen molar-refractivity contribution in [2.24, 2.45) is 5.73 Å². The summed E-state index contributed by atoms with van der Waals surface area (Å²) in [5.41, 5.74) is 5.66. The Hall–Kier alpha value is -0.980. The molecule has 1 aromatic rings. The summed E-state index contributed by atoms with van der Waals surface area (Å²) >= 11 is 5.71. The van der Waals surface area contributed by atoms with Crippen molar-refractivity contribution in [1.29, 1.82) is 0 Å². The van der Waals surface area contributed by atoms with E-state index in [-0.39, 0.29) is 10.6 Å². The van der Waals surface area contributed by atoms with Gasteiger partial charge in [0, 0.05) is 5.02 Å². The molecule has 0 spiro atoms. The van der Waals surface area contributed by atoms with E-state index in [2.05, 4.69) is 4.74 Å². The summed E-state index contributed by atoms with van der Waals surface area (Å²) in [5, 5.41) is 8.97. The number of hydrogen-bond acceptors (Lipinski definition) is 3. The predicted molar refractivity (Wildman–Crippen MR) is 52.1 cm³/mol. The van der Waals surface area contributed by atoms with Crippen LogP contribution in [0.2, 0.25) is 5.02 Å². The lowest BCUT2D eigenvalue weighted by atomic mass is 10.1. The second-order valence-corrected chi connectivity index (χ2v) is 3.43. The number of rotatable bonds is 3. The summed E-state index contributed by atoms with van der Waals surface area (Å²) < 4.78 is 39.5. The first-order valence-electron chi connectivity index (χ1n) is 4.25. The summed E-state index contributed by atoms with van der Waals surface area (Å²) in [5.74, 6) is -0.421. The quantitative estimate of drug-likeness (QED) is 0.871. The number of aliphatic hydroxyl groups is 1. The SMILES string of the molecule is N[C@@H](CO)c1cc(OC(F)(F)F)ccc1Cl. The maximum Gasteiger partial charge on any atom is 0.573 e. The van der Waals surface area contributed by atoms with Gasteiger partial charge in [-0.3, -0.25) is 0 Å². The van der Waals surface area contributed by atoms with Crippen molar-refractivity contribution in [2.45, 2.75) is 12.4 Å². The standard InChI is InChI=1S/C9H9ClF3NO2/c10-7-2-1-5(16-9(11,12)13)3-6(7)8(14)4-15/h1-3,8,15H,4,14H2/t8-/m0/s1. The normalized spacial score (nSPS) is 13.6. The third-order valence-corrected chi connectivity index (χ3v) is 2.14. The monoisotopic (exact) mass is 255 g/mol. The molecular formula is C9H9ClF3NO2. The van der Waals surface area contributed by atoms with Gasteiger partial charge in [-0.2, -0.15) is 0 Å². The fourth-order valence-electron chi connectivity index (χ4n) is 1.10. The molecule has 0 aliphatic heterocycles. The van der Waals surface area contributed by atoms with Crippen molar-refractivity contribution in [1.82, 2.24) is 0 Å². The number of alkyl halides is 3. The number of hydrogen-bond donors (Lipinski definition) is 2. The van der Waals surface area contributed by atoms with Gasteiger partial charge < -0.3 is 15.6 Å². The van der Waals surface area contributed by atoms with Crippen LogP contribution in [0.1, 0.15) is 11.6 Å². The lowest BCUT2D eigenvalue weighted by molar-refractivity contribution is -0.274. The Bertz CT molecular complexity index is 370. The van der Waals surface area contributed by atoms with Crippen molar-refractivity contribution < 1.29 is 23.0 Å². The van der Waals surface area contributed by atoms with Gasteiger partial charge >= 0.3 is 6.36 Å². The van der Waals surface area contributed by atoms with Gasteiger partial charge in [-0.15, -0.1) is 13.2 Å². The summed E-state index contributed by atoms with van der Waals surface area (Å²) in [6.45, 7) is -0.421. The minimum Gasteiger partial charge on any atom is -0.406 e. The van der Waals surface area contributed by atoms with E-state index in [9.17, 15) is 13.2 Å². The summed E-state index contributed by atoms with van der Waals surface area (Å²) in [6.07, 6.45) is -4.77. The van der Waals surface area contributed by atoms with E-state index in [4.69, 9.17) is 22.4 Å². The molecule has 0 saturated carbocycles. The molecule has 0 saturated heterocycles.